The van der Waals surface area contributed by atoms with E-state index in [1.807, 2.05) is 6.92 Å². The Kier molecular flexibility index (Phi) is 5.41. The zero-order valence-corrected chi connectivity index (χ0v) is 16.1. The van der Waals surface area contributed by atoms with Crippen molar-refractivity contribution in [3.63, 3.8) is 0 Å². The summed E-state index contributed by atoms with van der Waals surface area (Å²) in [7, 11) is 0. The van der Waals surface area contributed by atoms with Crippen molar-refractivity contribution in [2.75, 3.05) is 18.5 Å². The first-order valence-electron chi connectivity index (χ1n) is 9.40. The molecule has 5 nitrogen and oxygen atoms in total. The van der Waals surface area contributed by atoms with Gasteiger partial charge >= 0.3 is 0 Å². The number of ether oxygens (including phenoxy) is 2. The number of aromatic nitrogens is 1. The average Bonchev–Trinajstić information content (AvgIpc) is 3.14. The third kappa shape index (κ3) is 4.65. The molecular formula is C20H23FN2O3S. The highest BCUT2D eigenvalue weighted by molar-refractivity contribution is 7.13. The number of aryl methyl sites for hydroxylation is 1. The van der Waals surface area contributed by atoms with Crippen LogP contribution in [0.4, 0.5) is 10.1 Å². The maximum absolute atomic E-state index is 13.7. The summed E-state index contributed by atoms with van der Waals surface area (Å²) in [5.41, 5.74) is 1.04. The highest BCUT2D eigenvalue weighted by atomic mass is 32.1. The number of hydrogen-bond donors (Lipinski definition) is 1. The molecule has 4 rings (SSSR count). The number of nitrogens with zero attached hydrogens (tertiary/aromatic N) is 1. The molecule has 2 fully saturated rings. The molecule has 0 bridgehead atoms. The molecule has 2 aromatic rings. The molecule has 2 aliphatic rings. The standard InChI is InChI=1S/C20H23FN2O3S/c1-12-19(27-18(22-12)9-13-4-5-13)20(24)23-16-10-14(21)6-7-17(16)26-11-15-3-2-8-25-15/h6-7,10,13,15H,2-5,8-9,11H2,1H3,(H,23,24). The Bertz CT molecular complexity index is 829. The molecule has 1 saturated heterocycles. The molecule has 1 amide bonds. The van der Waals surface area contributed by atoms with Crippen LogP contribution >= 0.6 is 11.3 Å². The number of benzene rings is 1. The monoisotopic (exact) mass is 390 g/mol. The van der Waals surface area contributed by atoms with Crippen molar-refractivity contribution in [1.29, 1.82) is 0 Å². The molecule has 7 heteroatoms. The molecule has 0 spiro atoms. The van der Waals surface area contributed by atoms with Crippen molar-refractivity contribution in [3.05, 3.63) is 39.6 Å². The molecule has 1 aliphatic carbocycles. The van der Waals surface area contributed by atoms with Crippen molar-refractivity contribution in [2.45, 2.75) is 45.1 Å². The number of carbonyl (C=O) groups excluding carboxylic acids is 1. The molecule has 1 aromatic carbocycles. The van der Waals surface area contributed by atoms with Crippen LogP contribution in [0.5, 0.6) is 5.75 Å². The second-order valence-electron chi connectivity index (χ2n) is 7.21. The first-order valence-corrected chi connectivity index (χ1v) is 10.2. The molecule has 27 heavy (non-hydrogen) atoms. The second-order valence-corrected chi connectivity index (χ2v) is 8.29. The Labute approximate surface area is 161 Å². The predicted octanol–water partition coefficient (Wildman–Crippen LogP) is 4.35. The van der Waals surface area contributed by atoms with Crippen LogP contribution in [-0.4, -0.2) is 30.2 Å². The van der Waals surface area contributed by atoms with Crippen LogP contribution in [0.25, 0.3) is 0 Å². The molecule has 1 N–H and O–H groups in total. The average molecular weight is 390 g/mol. The number of halogens is 1. The van der Waals surface area contributed by atoms with Gasteiger partial charge in [0.1, 0.15) is 23.1 Å². The van der Waals surface area contributed by atoms with Crippen molar-refractivity contribution in [1.82, 2.24) is 4.98 Å². The maximum Gasteiger partial charge on any atom is 0.267 e. The van der Waals surface area contributed by atoms with Crippen LogP contribution in [-0.2, 0) is 11.2 Å². The van der Waals surface area contributed by atoms with Crippen molar-refractivity contribution < 1.29 is 18.7 Å². The summed E-state index contributed by atoms with van der Waals surface area (Å²) in [6, 6.07) is 4.15. The van der Waals surface area contributed by atoms with Gasteiger partial charge in [-0.3, -0.25) is 4.79 Å². The van der Waals surface area contributed by atoms with Crippen LogP contribution in [0.3, 0.4) is 0 Å². The van der Waals surface area contributed by atoms with Crippen molar-refractivity contribution >= 4 is 22.9 Å². The van der Waals surface area contributed by atoms with Crippen molar-refractivity contribution in [3.8, 4) is 5.75 Å². The largest absolute Gasteiger partial charge is 0.489 e. The van der Waals surface area contributed by atoms with E-state index < -0.39 is 5.82 Å². The molecule has 1 saturated carbocycles. The topological polar surface area (TPSA) is 60.5 Å². The number of rotatable bonds is 7. The van der Waals surface area contributed by atoms with Crippen LogP contribution in [0.2, 0.25) is 0 Å². The van der Waals surface area contributed by atoms with E-state index >= 15 is 0 Å². The quantitative estimate of drug-likeness (QED) is 0.763. The van der Waals surface area contributed by atoms with Gasteiger partial charge in [0.05, 0.1) is 22.5 Å². The fourth-order valence-corrected chi connectivity index (χ4v) is 4.26. The highest BCUT2D eigenvalue weighted by Crippen LogP contribution is 2.35. The molecule has 1 unspecified atom stereocenters. The summed E-state index contributed by atoms with van der Waals surface area (Å²) in [6.07, 6.45) is 5.45. The number of amides is 1. The molecule has 1 aromatic heterocycles. The van der Waals surface area contributed by atoms with E-state index in [1.54, 1.807) is 0 Å². The Hall–Kier alpha value is -1.99. The number of hydrogen-bond acceptors (Lipinski definition) is 5. The van der Waals surface area contributed by atoms with Gasteiger partial charge in [0.15, 0.2) is 0 Å². The van der Waals surface area contributed by atoms with E-state index in [-0.39, 0.29) is 12.0 Å². The van der Waals surface area contributed by atoms with E-state index in [4.69, 9.17) is 9.47 Å². The number of anilines is 1. The van der Waals surface area contributed by atoms with Gasteiger partial charge in [-0.25, -0.2) is 9.37 Å². The third-order valence-electron chi connectivity index (χ3n) is 4.85. The normalized spacial score (nSPS) is 19.3. The lowest BCUT2D eigenvalue weighted by Crippen LogP contribution is -2.18. The SMILES string of the molecule is Cc1nc(CC2CC2)sc1C(=O)Nc1cc(F)ccc1OCC1CCCO1. The number of nitrogens with one attached hydrogen (secondary N) is 1. The highest BCUT2D eigenvalue weighted by Gasteiger charge is 2.25. The second kappa shape index (κ2) is 7.94. The summed E-state index contributed by atoms with van der Waals surface area (Å²) in [5, 5.41) is 3.79. The van der Waals surface area contributed by atoms with E-state index in [2.05, 4.69) is 10.3 Å². The van der Waals surface area contributed by atoms with E-state index in [0.29, 0.717) is 34.5 Å². The van der Waals surface area contributed by atoms with Crippen LogP contribution in [0, 0.1) is 18.7 Å². The van der Waals surface area contributed by atoms with Gasteiger partial charge in [0, 0.05) is 19.1 Å². The summed E-state index contributed by atoms with van der Waals surface area (Å²) in [5.74, 6) is 0.456. The lowest BCUT2D eigenvalue weighted by molar-refractivity contribution is 0.0681. The Morgan fingerprint density at radius 1 is 1.41 bits per heavy atom. The number of thiazole rings is 1. The Morgan fingerprint density at radius 2 is 2.26 bits per heavy atom. The van der Waals surface area contributed by atoms with Gasteiger partial charge < -0.3 is 14.8 Å². The Morgan fingerprint density at radius 3 is 3.00 bits per heavy atom. The van der Waals surface area contributed by atoms with E-state index in [1.165, 1.54) is 42.4 Å². The summed E-state index contributed by atoms with van der Waals surface area (Å²) < 4.78 is 25.1. The third-order valence-corrected chi connectivity index (χ3v) is 6.02. The minimum Gasteiger partial charge on any atom is -0.489 e. The molecule has 1 atom stereocenters. The predicted molar refractivity (Wildman–Crippen MR) is 102 cm³/mol. The van der Waals surface area contributed by atoms with E-state index in [9.17, 15) is 9.18 Å². The van der Waals surface area contributed by atoms with Crippen LogP contribution in [0.1, 0.15) is 46.1 Å². The van der Waals surface area contributed by atoms with Gasteiger partial charge in [-0.05, 0) is 50.7 Å². The van der Waals surface area contributed by atoms with Gasteiger partial charge in [-0.2, -0.15) is 0 Å². The molecule has 144 valence electrons. The minimum absolute atomic E-state index is 0.0485. The fourth-order valence-electron chi connectivity index (χ4n) is 3.18. The number of carbonyl (C=O) groups is 1. The summed E-state index contributed by atoms with van der Waals surface area (Å²) in [4.78, 5) is 17.8. The zero-order chi connectivity index (χ0) is 18.8. The molecule has 1 aliphatic heterocycles. The molecule has 0 radical (unpaired) electrons. The zero-order valence-electron chi connectivity index (χ0n) is 15.3. The van der Waals surface area contributed by atoms with Crippen LogP contribution in [0.15, 0.2) is 18.2 Å². The van der Waals surface area contributed by atoms with Crippen molar-refractivity contribution in [2.24, 2.45) is 5.92 Å². The molecule has 2 heterocycles. The Balaban J connectivity index is 1.46. The first kappa shape index (κ1) is 18.4. The van der Waals surface area contributed by atoms with Gasteiger partial charge in [0.25, 0.3) is 5.91 Å². The van der Waals surface area contributed by atoms with Gasteiger partial charge in [-0.15, -0.1) is 11.3 Å². The van der Waals surface area contributed by atoms with Gasteiger partial charge in [-0.1, -0.05) is 0 Å². The van der Waals surface area contributed by atoms with E-state index in [0.717, 1.165) is 30.9 Å². The smallest absolute Gasteiger partial charge is 0.267 e. The lowest BCUT2D eigenvalue weighted by atomic mass is 10.2. The summed E-state index contributed by atoms with van der Waals surface area (Å²) >= 11 is 1.42. The maximum atomic E-state index is 13.7. The first-order chi connectivity index (χ1) is 13.1. The minimum atomic E-state index is -0.426. The van der Waals surface area contributed by atoms with Crippen LogP contribution < -0.4 is 10.1 Å². The summed E-state index contributed by atoms with van der Waals surface area (Å²) in [6.45, 7) is 2.97. The molecular weight excluding hydrogens is 367 g/mol. The fraction of sp³-hybridized carbons (Fsp3) is 0.500. The lowest BCUT2D eigenvalue weighted by Gasteiger charge is -2.15. The van der Waals surface area contributed by atoms with Gasteiger partial charge in [0.2, 0.25) is 0 Å².